The largest absolute Gasteiger partial charge is 0.482 e. The van der Waals surface area contributed by atoms with Crippen LogP contribution in [0.2, 0.25) is 0 Å². The molecule has 2 amide bonds. The lowest BCUT2D eigenvalue weighted by atomic mass is 10.1. The molecule has 4 rings (SSSR count). The number of hydrogen-bond donors (Lipinski definition) is 3. The average molecular weight is 376 g/mol. The van der Waals surface area contributed by atoms with Gasteiger partial charge in [0, 0.05) is 22.9 Å². The number of aryl methyl sites for hydroxylation is 1. The lowest BCUT2D eigenvalue weighted by molar-refractivity contribution is -0.118. The summed E-state index contributed by atoms with van der Waals surface area (Å²) in [6.45, 7) is 1.80. The van der Waals surface area contributed by atoms with E-state index in [2.05, 4.69) is 20.8 Å². The van der Waals surface area contributed by atoms with Crippen LogP contribution in [-0.2, 0) is 4.79 Å². The Balaban J connectivity index is 1.59. The van der Waals surface area contributed by atoms with Crippen LogP contribution in [0.1, 0.15) is 15.9 Å². The van der Waals surface area contributed by atoms with E-state index in [-0.39, 0.29) is 24.0 Å². The van der Waals surface area contributed by atoms with E-state index in [0.717, 1.165) is 11.1 Å². The van der Waals surface area contributed by atoms with Gasteiger partial charge >= 0.3 is 0 Å². The van der Waals surface area contributed by atoms with Gasteiger partial charge in [-0.15, -0.1) is 0 Å². The number of aromatic amines is 1. The summed E-state index contributed by atoms with van der Waals surface area (Å²) in [5, 5.41) is 12.0. The molecule has 0 saturated carbocycles. The number of fused-ring (bicyclic) bond motifs is 1. The fourth-order valence-electron chi connectivity index (χ4n) is 2.83. The first-order valence-corrected chi connectivity index (χ1v) is 8.54. The molecule has 3 N–H and O–H groups in total. The monoisotopic (exact) mass is 376 g/mol. The molecule has 140 valence electrons. The van der Waals surface area contributed by atoms with E-state index in [1.54, 1.807) is 30.3 Å². The van der Waals surface area contributed by atoms with Gasteiger partial charge < -0.3 is 15.4 Å². The Hall–Kier alpha value is -3.94. The second kappa shape index (κ2) is 6.99. The third kappa shape index (κ3) is 3.48. The van der Waals surface area contributed by atoms with Crippen molar-refractivity contribution < 1.29 is 14.3 Å². The SMILES string of the molecule is Cc1ccc(-c2ccc(=O)[nH]n2)cc1NC(=O)c1ccc2c(c1)OCC(=O)N2. The summed E-state index contributed by atoms with van der Waals surface area (Å²) in [6.07, 6.45) is 0. The molecule has 0 aliphatic carbocycles. The quantitative estimate of drug-likeness (QED) is 0.649. The first kappa shape index (κ1) is 17.5. The number of anilines is 2. The Morgan fingerprint density at radius 1 is 1.11 bits per heavy atom. The van der Waals surface area contributed by atoms with Crippen LogP contribution in [0.5, 0.6) is 5.75 Å². The Morgan fingerprint density at radius 2 is 1.96 bits per heavy atom. The average Bonchev–Trinajstić information content (AvgIpc) is 2.70. The zero-order valence-electron chi connectivity index (χ0n) is 14.9. The van der Waals surface area contributed by atoms with E-state index in [9.17, 15) is 14.4 Å². The number of rotatable bonds is 3. The highest BCUT2D eigenvalue weighted by Crippen LogP contribution is 2.29. The van der Waals surface area contributed by atoms with Gasteiger partial charge in [-0.05, 0) is 42.8 Å². The van der Waals surface area contributed by atoms with Crippen LogP contribution >= 0.6 is 0 Å². The third-order valence-electron chi connectivity index (χ3n) is 4.34. The molecule has 0 atom stereocenters. The maximum Gasteiger partial charge on any atom is 0.264 e. The zero-order chi connectivity index (χ0) is 19.7. The zero-order valence-corrected chi connectivity index (χ0v) is 14.9. The molecule has 0 spiro atoms. The Kier molecular flexibility index (Phi) is 4.36. The molecule has 1 aliphatic heterocycles. The van der Waals surface area contributed by atoms with Gasteiger partial charge in [-0.3, -0.25) is 14.4 Å². The summed E-state index contributed by atoms with van der Waals surface area (Å²) in [6, 6.07) is 13.4. The maximum absolute atomic E-state index is 12.7. The minimum absolute atomic E-state index is 0.0780. The van der Waals surface area contributed by atoms with Crippen molar-refractivity contribution in [1.82, 2.24) is 10.2 Å². The van der Waals surface area contributed by atoms with Crippen molar-refractivity contribution in [2.75, 3.05) is 17.2 Å². The summed E-state index contributed by atoms with van der Waals surface area (Å²) in [5.74, 6) is -0.0823. The second-order valence-electron chi connectivity index (χ2n) is 6.34. The fraction of sp³-hybridized carbons (Fsp3) is 0.100. The minimum atomic E-state index is -0.307. The molecular weight excluding hydrogens is 360 g/mol. The van der Waals surface area contributed by atoms with Gasteiger partial charge in [-0.25, -0.2) is 5.10 Å². The summed E-state index contributed by atoms with van der Waals surface area (Å²) in [7, 11) is 0. The molecular formula is C20H16N4O4. The van der Waals surface area contributed by atoms with Crippen LogP contribution in [0.25, 0.3) is 11.3 Å². The van der Waals surface area contributed by atoms with Crippen LogP contribution in [0.15, 0.2) is 53.3 Å². The standard InChI is InChI=1S/C20H16N4O4/c1-11-2-3-12(14-6-7-18(25)24-23-14)8-16(11)22-20(27)13-4-5-15-17(9-13)28-10-19(26)21-15/h2-9H,10H2,1H3,(H,21,26)(H,22,27)(H,24,25). The van der Waals surface area contributed by atoms with Gasteiger partial charge in [0.15, 0.2) is 6.61 Å². The first-order valence-electron chi connectivity index (χ1n) is 8.54. The molecule has 2 heterocycles. The number of amides is 2. The number of benzene rings is 2. The summed E-state index contributed by atoms with van der Waals surface area (Å²) >= 11 is 0. The Bertz CT molecular complexity index is 1130. The predicted molar refractivity (Wildman–Crippen MR) is 104 cm³/mol. The number of ether oxygens (including phenoxy) is 1. The minimum Gasteiger partial charge on any atom is -0.482 e. The first-order chi connectivity index (χ1) is 13.5. The smallest absolute Gasteiger partial charge is 0.264 e. The number of aromatic nitrogens is 2. The highest BCUT2D eigenvalue weighted by atomic mass is 16.5. The molecule has 1 aromatic heterocycles. The molecule has 0 saturated heterocycles. The van der Waals surface area contributed by atoms with Gasteiger partial charge in [-0.2, -0.15) is 5.10 Å². The summed E-state index contributed by atoms with van der Waals surface area (Å²) in [5.41, 5.74) is 3.51. The highest BCUT2D eigenvalue weighted by Gasteiger charge is 2.18. The number of nitrogens with one attached hydrogen (secondary N) is 3. The van der Waals surface area contributed by atoms with E-state index < -0.39 is 0 Å². The van der Waals surface area contributed by atoms with Gasteiger partial charge in [0.1, 0.15) is 5.75 Å². The predicted octanol–water partition coefficient (Wildman–Crippen LogP) is 2.33. The summed E-state index contributed by atoms with van der Waals surface area (Å²) < 4.78 is 5.36. The van der Waals surface area contributed by atoms with E-state index in [0.29, 0.717) is 28.4 Å². The van der Waals surface area contributed by atoms with Crippen LogP contribution in [0.4, 0.5) is 11.4 Å². The van der Waals surface area contributed by atoms with E-state index >= 15 is 0 Å². The van der Waals surface area contributed by atoms with Crippen LogP contribution in [0.3, 0.4) is 0 Å². The summed E-state index contributed by atoms with van der Waals surface area (Å²) in [4.78, 5) is 35.2. The molecule has 0 bridgehead atoms. The van der Waals surface area contributed by atoms with Crippen molar-refractivity contribution in [3.05, 3.63) is 70.0 Å². The van der Waals surface area contributed by atoms with Crippen molar-refractivity contribution in [3.8, 4) is 17.0 Å². The van der Waals surface area contributed by atoms with Crippen molar-refractivity contribution in [3.63, 3.8) is 0 Å². The van der Waals surface area contributed by atoms with Gasteiger partial charge in [0.25, 0.3) is 17.4 Å². The topological polar surface area (TPSA) is 113 Å². The molecule has 8 nitrogen and oxygen atoms in total. The molecule has 0 unspecified atom stereocenters. The van der Waals surface area contributed by atoms with Crippen molar-refractivity contribution >= 4 is 23.2 Å². The van der Waals surface area contributed by atoms with Crippen LogP contribution in [-0.4, -0.2) is 28.6 Å². The van der Waals surface area contributed by atoms with Crippen molar-refractivity contribution in [1.29, 1.82) is 0 Å². The maximum atomic E-state index is 12.7. The molecule has 0 radical (unpaired) electrons. The van der Waals surface area contributed by atoms with Crippen molar-refractivity contribution in [2.24, 2.45) is 0 Å². The highest BCUT2D eigenvalue weighted by molar-refractivity contribution is 6.06. The van der Waals surface area contributed by atoms with Crippen molar-refractivity contribution in [2.45, 2.75) is 6.92 Å². The molecule has 3 aromatic rings. The normalized spacial score (nSPS) is 12.5. The fourth-order valence-corrected chi connectivity index (χ4v) is 2.83. The van der Waals surface area contributed by atoms with Crippen LogP contribution < -0.4 is 20.9 Å². The number of H-pyrrole nitrogens is 1. The molecule has 0 fully saturated rings. The number of carbonyl (C=O) groups is 2. The number of hydrogen-bond acceptors (Lipinski definition) is 5. The van der Waals surface area contributed by atoms with E-state index in [1.807, 2.05) is 19.1 Å². The van der Waals surface area contributed by atoms with Crippen LogP contribution in [0, 0.1) is 6.92 Å². The Labute approximate surface area is 159 Å². The lowest BCUT2D eigenvalue weighted by Gasteiger charge is -2.18. The second-order valence-corrected chi connectivity index (χ2v) is 6.34. The van der Waals surface area contributed by atoms with Gasteiger partial charge in [-0.1, -0.05) is 12.1 Å². The van der Waals surface area contributed by atoms with E-state index in [4.69, 9.17) is 4.74 Å². The lowest BCUT2D eigenvalue weighted by Crippen LogP contribution is -2.25. The Morgan fingerprint density at radius 3 is 2.75 bits per heavy atom. The molecule has 28 heavy (non-hydrogen) atoms. The third-order valence-corrected chi connectivity index (χ3v) is 4.34. The molecule has 2 aromatic carbocycles. The molecule has 8 heteroatoms. The van der Waals surface area contributed by atoms with E-state index in [1.165, 1.54) is 6.07 Å². The number of carbonyl (C=O) groups excluding carboxylic acids is 2. The molecule has 1 aliphatic rings. The number of nitrogens with zero attached hydrogens (tertiary/aromatic N) is 1. The van der Waals surface area contributed by atoms with Gasteiger partial charge in [0.2, 0.25) is 0 Å². The van der Waals surface area contributed by atoms with Gasteiger partial charge in [0.05, 0.1) is 11.4 Å².